The van der Waals surface area contributed by atoms with E-state index in [1.807, 2.05) is 0 Å². The number of rotatable bonds is 8. The lowest BCUT2D eigenvalue weighted by Gasteiger charge is -2.49. The lowest BCUT2D eigenvalue weighted by molar-refractivity contribution is -0.160. The van der Waals surface area contributed by atoms with Crippen LogP contribution >= 0.6 is 23.1 Å². The number of nitrogens with zero attached hydrogens (tertiary/aromatic N) is 3. The van der Waals surface area contributed by atoms with E-state index in [0.29, 0.717) is 11.3 Å². The number of allylic oxidation sites excluding steroid dienone is 1. The van der Waals surface area contributed by atoms with Crippen LogP contribution in [0.15, 0.2) is 40.0 Å². The Hall–Kier alpha value is -3.19. The van der Waals surface area contributed by atoms with Gasteiger partial charge in [-0.3, -0.25) is 14.5 Å². The first-order chi connectivity index (χ1) is 15.5. The summed E-state index contributed by atoms with van der Waals surface area (Å²) < 4.78 is 5.12. The Morgan fingerprint density at radius 2 is 2.15 bits per heavy atom. The van der Waals surface area contributed by atoms with Gasteiger partial charge in [-0.25, -0.2) is 14.6 Å². The van der Waals surface area contributed by atoms with Gasteiger partial charge in [-0.15, -0.1) is 23.1 Å². The number of carbonyl (C=O) groups is 4. The van der Waals surface area contributed by atoms with Crippen LogP contribution in [0.1, 0.15) is 26.5 Å². The molecule has 0 spiro atoms. The highest BCUT2D eigenvalue weighted by molar-refractivity contribution is 8.00. The maximum absolute atomic E-state index is 12.9. The second kappa shape index (κ2) is 9.75. The van der Waals surface area contributed by atoms with Crippen LogP contribution in [0.2, 0.25) is 0 Å². The summed E-state index contributed by atoms with van der Waals surface area (Å²) in [5.41, 5.74) is 1.04. The Balaban J connectivity index is 1.72. The zero-order chi connectivity index (χ0) is 24.3. The summed E-state index contributed by atoms with van der Waals surface area (Å²) in [5, 5.41) is 16.8. The van der Waals surface area contributed by atoms with Crippen molar-refractivity contribution in [3.05, 3.63) is 40.5 Å². The molecule has 2 N–H and O–H groups in total. The summed E-state index contributed by atoms with van der Waals surface area (Å²) in [5.74, 6) is -2.89. The Morgan fingerprint density at radius 3 is 2.73 bits per heavy atom. The molecule has 3 rings (SSSR count). The molecule has 2 atom stereocenters. The molecule has 1 aromatic rings. The number of oxime groups is 1. The van der Waals surface area contributed by atoms with Crippen molar-refractivity contribution in [2.45, 2.75) is 37.8 Å². The number of aromatic nitrogens is 1. The summed E-state index contributed by atoms with van der Waals surface area (Å²) in [4.78, 5) is 59.2. The van der Waals surface area contributed by atoms with Gasteiger partial charge in [0.05, 0.1) is 5.51 Å². The van der Waals surface area contributed by atoms with E-state index in [1.54, 1.807) is 26.2 Å². The molecule has 1 fully saturated rings. The topological polar surface area (TPSA) is 147 Å². The number of fused-ring (bicyclic) bond motifs is 1. The number of carboxylic acids is 1. The summed E-state index contributed by atoms with van der Waals surface area (Å²) in [7, 11) is 0. The van der Waals surface area contributed by atoms with Gasteiger partial charge in [0.25, 0.3) is 11.8 Å². The molecule has 0 aromatic carbocycles. The number of amides is 2. The van der Waals surface area contributed by atoms with E-state index in [1.165, 1.54) is 34.7 Å². The molecule has 3 heterocycles. The highest BCUT2D eigenvalue weighted by atomic mass is 32.2. The third kappa shape index (κ3) is 5.42. The quantitative estimate of drug-likeness (QED) is 0.235. The molecular formula is C20H22N4O7S2. The average molecular weight is 495 g/mol. The van der Waals surface area contributed by atoms with E-state index < -0.39 is 47.4 Å². The predicted molar refractivity (Wildman–Crippen MR) is 120 cm³/mol. The number of ether oxygens (including phenoxy) is 1. The van der Waals surface area contributed by atoms with Crippen LogP contribution in [0.25, 0.3) is 0 Å². The van der Waals surface area contributed by atoms with Gasteiger partial charge in [0, 0.05) is 11.1 Å². The number of thioether (sulfide) groups is 1. The summed E-state index contributed by atoms with van der Waals surface area (Å²) in [6, 6.07) is -0.960. The number of esters is 1. The lowest BCUT2D eigenvalue weighted by atomic mass is 10.0. The van der Waals surface area contributed by atoms with E-state index in [2.05, 4.69) is 22.0 Å². The van der Waals surface area contributed by atoms with Gasteiger partial charge in [-0.2, -0.15) is 0 Å². The van der Waals surface area contributed by atoms with Gasteiger partial charge in [0.15, 0.2) is 5.71 Å². The summed E-state index contributed by atoms with van der Waals surface area (Å²) in [6.07, 6.45) is 1.40. The van der Waals surface area contributed by atoms with Crippen LogP contribution in [0, 0.1) is 0 Å². The van der Waals surface area contributed by atoms with E-state index in [-0.39, 0.29) is 17.1 Å². The van der Waals surface area contributed by atoms with Crippen molar-refractivity contribution in [2.75, 3.05) is 12.4 Å². The molecular weight excluding hydrogens is 472 g/mol. The zero-order valence-corrected chi connectivity index (χ0v) is 19.7. The predicted octanol–water partition coefficient (Wildman–Crippen LogP) is 1.13. The van der Waals surface area contributed by atoms with Gasteiger partial charge < -0.3 is 20.0 Å². The number of aliphatic carboxylic acids is 1. The molecule has 1 aromatic heterocycles. The van der Waals surface area contributed by atoms with Crippen molar-refractivity contribution in [1.29, 1.82) is 0 Å². The number of nitrogens with one attached hydrogen (secondary N) is 1. The fourth-order valence-electron chi connectivity index (χ4n) is 3.06. The van der Waals surface area contributed by atoms with Crippen LogP contribution in [-0.2, 0) is 28.8 Å². The van der Waals surface area contributed by atoms with Crippen molar-refractivity contribution in [3.63, 3.8) is 0 Å². The summed E-state index contributed by atoms with van der Waals surface area (Å²) >= 11 is 2.53. The highest BCUT2D eigenvalue weighted by Gasteiger charge is 2.54. The Morgan fingerprint density at radius 1 is 1.42 bits per heavy atom. The number of hydrogen-bond acceptors (Lipinski definition) is 10. The first-order valence-electron chi connectivity index (χ1n) is 9.68. The van der Waals surface area contributed by atoms with Gasteiger partial charge in [-0.1, -0.05) is 17.8 Å². The molecule has 2 amide bonds. The molecule has 13 heteroatoms. The van der Waals surface area contributed by atoms with Crippen LogP contribution in [0.4, 0.5) is 0 Å². The van der Waals surface area contributed by atoms with Crippen molar-refractivity contribution < 1.29 is 33.9 Å². The first kappa shape index (κ1) is 24.5. The third-order valence-electron chi connectivity index (χ3n) is 4.38. The smallest absolute Gasteiger partial charge is 0.352 e. The molecule has 1 saturated heterocycles. The van der Waals surface area contributed by atoms with Crippen molar-refractivity contribution >= 4 is 52.6 Å². The molecule has 176 valence electrons. The van der Waals surface area contributed by atoms with Crippen molar-refractivity contribution in [2.24, 2.45) is 5.16 Å². The second-order valence-corrected chi connectivity index (χ2v) is 9.74. The number of thiazole rings is 1. The van der Waals surface area contributed by atoms with Gasteiger partial charge in [0.1, 0.15) is 28.4 Å². The van der Waals surface area contributed by atoms with Gasteiger partial charge in [0.2, 0.25) is 6.61 Å². The maximum Gasteiger partial charge on any atom is 0.352 e. The minimum absolute atomic E-state index is 0.140. The molecule has 0 saturated carbocycles. The lowest BCUT2D eigenvalue weighted by Crippen LogP contribution is -2.71. The highest BCUT2D eigenvalue weighted by Crippen LogP contribution is 2.40. The SMILES string of the molecule is C=CC1=C(C(=O)O)N2C(=O)C(NC(=O)C(=NOCC(=O)OC(C)(C)C)c3cscn3)[C@@H]2SC1. The van der Waals surface area contributed by atoms with E-state index in [9.17, 15) is 24.3 Å². The van der Waals surface area contributed by atoms with Crippen molar-refractivity contribution in [3.8, 4) is 0 Å². The van der Waals surface area contributed by atoms with E-state index in [4.69, 9.17) is 9.57 Å². The van der Waals surface area contributed by atoms with Crippen molar-refractivity contribution in [1.82, 2.24) is 15.2 Å². The largest absolute Gasteiger partial charge is 0.477 e. The van der Waals surface area contributed by atoms with E-state index in [0.717, 1.165) is 4.90 Å². The van der Waals surface area contributed by atoms with Crippen LogP contribution in [0.3, 0.4) is 0 Å². The maximum atomic E-state index is 12.9. The van der Waals surface area contributed by atoms with E-state index >= 15 is 0 Å². The molecule has 33 heavy (non-hydrogen) atoms. The van der Waals surface area contributed by atoms with Gasteiger partial charge >= 0.3 is 11.9 Å². The number of β-lactam (4-membered cyclic amide) rings is 1. The minimum atomic E-state index is -1.24. The Labute approximate surface area is 197 Å². The van der Waals surface area contributed by atoms with Gasteiger partial charge in [-0.05, 0) is 26.3 Å². The molecule has 0 aliphatic carbocycles. The molecule has 0 radical (unpaired) electrons. The normalized spacial score (nSPS) is 20.5. The fourth-order valence-corrected chi connectivity index (χ4v) is 4.94. The monoisotopic (exact) mass is 494 g/mol. The zero-order valence-electron chi connectivity index (χ0n) is 18.1. The Kier molecular flexibility index (Phi) is 7.22. The second-order valence-electron chi connectivity index (χ2n) is 7.92. The standard InChI is InChI=1S/C20H22N4O7S2/c1-5-10-7-33-18-14(17(27)24(18)15(10)19(28)29)22-16(26)13(11-8-32-9-21-11)23-30-6-12(25)31-20(2,3)4/h5,8-9,14,18H,1,6-7H2,2-4H3,(H,22,26)(H,28,29)/t14?,18-/m0/s1. The number of hydrogen-bond donors (Lipinski definition) is 2. The third-order valence-corrected chi connectivity index (χ3v) is 6.27. The molecule has 1 unspecified atom stereocenters. The first-order valence-corrected chi connectivity index (χ1v) is 11.7. The average Bonchev–Trinajstić information content (AvgIpc) is 3.26. The Bertz CT molecular complexity index is 1040. The van der Waals surface area contributed by atoms with Crippen LogP contribution in [-0.4, -0.2) is 73.8 Å². The molecule has 11 nitrogen and oxygen atoms in total. The fraction of sp³-hybridized carbons (Fsp3) is 0.400. The molecule has 0 bridgehead atoms. The van der Waals surface area contributed by atoms with Crippen LogP contribution in [0.5, 0.6) is 0 Å². The molecule has 2 aliphatic heterocycles. The minimum Gasteiger partial charge on any atom is -0.477 e. The van der Waals surface area contributed by atoms with Crippen LogP contribution < -0.4 is 5.32 Å². The molecule has 2 aliphatic rings. The number of carbonyl (C=O) groups excluding carboxylic acids is 3. The summed E-state index contributed by atoms with van der Waals surface area (Å²) in [6.45, 7) is 8.18. The number of carboxylic acid groups (broad SMARTS) is 1.